The molecule has 0 amide bonds. The molecule has 0 saturated carbocycles. The zero-order valence-electron chi connectivity index (χ0n) is 9.34. The summed E-state index contributed by atoms with van der Waals surface area (Å²) >= 11 is 0. The molecule has 0 aliphatic rings. The molecule has 1 aromatic heterocycles. The van der Waals surface area contributed by atoms with Crippen LogP contribution in [0.4, 0.5) is 0 Å². The number of aliphatic hydroxyl groups is 1. The third-order valence-corrected chi connectivity index (χ3v) is 2.07. The molecule has 7 nitrogen and oxygen atoms in total. The van der Waals surface area contributed by atoms with E-state index < -0.39 is 5.97 Å². The highest BCUT2D eigenvalue weighted by atomic mass is 16.5. The van der Waals surface area contributed by atoms with Crippen LogP contribution in [0.1, 0.15) is 16.2 Å². The molecular weight excluding hydrogens is 214 g/mol. The van der Waals surface area contributed by atoms with Crippen LogP contribution in [0.2, 0.25) is 0 Å². The number of carbonyl (C=O) groups is 1. The highest BCUT2D eigenvalue weighted by Gasteiger charge is 2.19. The summed E-state index contributed by atoms with van der Waals surface area (Å²) in [7, 11) is 2.85. The van der Waals surface area contributed by atoms with Gasteiger partial charge in [-0.15, -0.1) is 5.10 Å². The van der Waals surface area contributed by atoms with Gasteiger partial charge in [-0.05, 0) is 0 Å². The molecule has 1 aromatic rings. The average molecular weight is 229 g/mol. The zero-order valence-corrected chi connectivity index (χ0v) is 9.34. The predicted octanol–water partition coefficient (Wildman–Crippen LogP) is -0.754. The molecule has 90 valence electrons. The van der Waals surface area contributed by atoms with Crippen molar-refractivity contribution in [2.45, 2.75) is 13.0 Å². The van der Waals surface area contributed by atoms with Crippen molar-refractivity contribution in [1.29, 1.82) is 0 Å². The number of hydrogen-bond donors (Lipinski definition) is 1. The van der Waals surface area contributed by atoms with Crippen LogP contribution in [0.25, 0.3) is 0 Å². The number of rotatable bonds is 6. The minimum Gasteiger partial charge on any atom is -0.464 e. The lowest BCUT2D eigenvalue weighted by Gasteiger charge is -2.05. The first-order valence-electron chi connectivity index (χ1n) is 4.85. The molecule has 1 heterocycles. The lowest BCUT2D eigenvalue weighted by molar-refractivity contribution is 0.0592. The van der Waals surface area contributed by atoms with Gasteiger partial charge in [0.05, 0.1) is 32.6 Å². The first kappa shape index (κ1) is 12.6. The molecule has 0 aliphatic heterocycles. The topological polar surface area (TPSA) is 86.5 Å². The Hall–Kier alpha value is -1.47. The van der Waals surface area contributed by atoms with E-state index in [0.29, 0.717) is 25.3 Å². The van der Waals surface area contributed by atoms with Crippen molar-refractivity contribution in [2.24, 2.45) is 0 Å². The van der Waals surface area contributed by atoms with Gasteiger partial charge in [0.2, 0.25) is 0 Å². The van der Waals surface area contributed by atoms with Crippen LogP contribution >= 0.6 is 0 Å². The number of nitrogens with zero attached hydrogens (tertiary/aromatic N) is 3. The van der Waals surface area contributed by atoms with Crippen LogP contribution in [-0.2, 0) is 22.4 Å². The maximum atomic E-state index is 11.4. The van der Waals surface area contributed by atoms with E-state index in [1.165, 1.54) is 11.8 Å². The number of ether oxygens (including phenoxy) is 2. The maximum Gasteiger partial charge on any atom is 0.360 e. The van der Waals surface area contributed by atoms with E-state index in [2.05, 4.69) is 15.0 Å². The third-order valence-electron chi connectivity index (χ3n) is 2.07. The van der Waals surface area contributed by atoms with Crippen LogP contribution in [0.3, 0.4) is 0 Å². The standard InChI is InChI=1S/C9H15N3O4/c1-15-6-3-7-8(9(14)16-2)10-11-12(7)4-5-13/h13H,3-6H2,1-2H3. The number of hydrogen-bond acceptors (Lipinski definition) is 6. The molecule has 1 N–H and O–H groups in total. The summed E-state index contributed by atoms with van der Waals surface area (Å²) in [6, 6.07) is 0. The molecule has 16 heavy (non-hydrogen) atoms. The highest BCUT2D eigenvalue weighted by Crippen LogP contribution is 2.08. The van der Waals surface area contributed by atoms with Gasteiger partial charge in [0.15, 0.2) is 5.69 Å². The Morgan fingerprint density at radius 1 is 1.50 bits per heavy atom. The zero-order chi connectivity index (χ0) is 12.0. The Kier molecular flexibility index (Phi) is 4.87. The molecule has 0 atom stereocenters. The van der Waals surface area contributed by atoms with E-state index in [4.69, 9.17) is 9.84 Å². The SMILES string of the molecule is COCCc1c(C(=O)OC)nnn1CCO. The molecule has 0 aliphatic carbocycles. The van der Waals surface area contributed by atoms with E-state index in [9.17, 15) is 4.79 Å². The molecule has 0 spiro atoms. The second-order valence-electron chi connectivity index (χ2n) is 3.07. The Morgan fingerprint density at radius 2 is 2.25 bits per heavy atom. The second kappa shape index (κ2) is 6.19. The Bertz CT molecular complexity index is 351. The molecule has 0 aromatic carbocycles. The van der Waals surface area contributed by atoms with Crippen molar-refractivity contribution in [1.82, 2.24) is 15.0 Å². The van der Waals surface area contributed by atoms with Crippen molar-refractivity contribution in [3.8, 4) is 0 Å². The van der Waals surface area contributed by atoms with E-state index in [1.54, 1.807) is 7.11 Å². The quantitative estimate of drug-likeness (QED) is 0.646. The number of esters is 1. The van der Waals surface area contributed by atoms with Crippen LogP contribution < -0.4 is 0 Å². The van der Waals surface area contributed by atoms with Crippen molar-refractivity contribution in [3.05, 3.63) is 11.4 Å². The Balaban J connectivity index is 2.93. The van der Waals surface area contributed by atoms with Gasteiger partial charge in [0, 0.05) is 13.5 Å². The van der Waals surface area contributed by atoms with Crippen LogP contribution in [0.15, 0.2) is 0 Å². The summed E-state index contributed by atoms with van der Waals surface area (Å²) < 4.78 is 11.0. The summed E-state index contributed by atoms with van der Waals surface area (Å²) in [4.78, 5) is 11.4. The lowest BCUT2D eigenvalue weighted by Crippen LogP contribution is -2.13. The van der Waals surface area contributed by atoms with E-state index in [1.807, 2.05) is 0 Å². The largest absolute Gasteiger partial charge is 0.464 e. The fraction of sp³-hybridized carbons (Fsp3) is 0.667. The van der Waals surface area contributed by atoms with Gasteiger partial charge in [-0.3, -0.25) is 0 Å². The first-order valence-corrected chi connectivity index (χ1v) is 4.85. The van der Waals surface area contributed by atoms with Gasteiger partial charge >= 0.3 is 5.97 Å². The third kappa shape index (κ3) is 2.77. The van der Waals surface area contributed by atoms with Gasteiger partial charge in [0.25, 0.3) is 0 Å². The normalized spacial score (nSPS) is 10.4. The second-order valence-corrected chi connectivity index (χ2v) is 3.07. The van der Waals surface area contributed by atoms with Crippen LogP contribution in [0, 0.1) is 0 Å². The molecule has 7 heteroatoms. The van der Waals surface area contributed by atoms with Gasteiger partial charge in [0.1, 0.15) is 0 Å². The van der Waals surface area contributed by atoms with Crippen molar-refractivity contribution in [2.75, 3.05) is 27.4 Å². The van der Waals surface area contributed by atoms with Crippen LogP contribution in [0.5, 0.6) is 0 Å². The predicted molar refractivity (Wildman–Crippen MR) is 54.0 cm³/mol. The summed E-state index contributed by atoms with van der Waals surface area (Å²) in [6.07, 6.45) is 0.494. The van der Waals surface area contributed by atoms with Gasteiger partial charge in [-0.25, -0.2) is 9.48 Å². The number of carbonyl (C=O) groups excluding carboxylic acids is 1. The molecule has 0 fully saturated rings. The fourth-order valence-electron chi connectivity index (χ4n) is 1.31. The van der Waals surface area contributed by atoms with Crippen molar-refractivity contribution >= 4 is 5.97 Å². The summed E-state index contributed by atoms with van der Waals surface area (Å²) in [5, 5.41) is 16.3. The minimum absolute atomic E-state index is 0.0655. The highest BCUT2D eigenvalue weighted by molar-refractivity contribution is 5.88. The Labute approximate surface area is 93.0 Å². The summed E-state index contributed by atoms with van der Waals surface area (Å²) in [5.41, 5.74) is 0.788. The molecular formula is C9H15N3O4. The number of methoxy groups -OCH3 is 2. The van der Waals surface area contributed by atoms with Crippen molar-refractivity contribution < 1.29 is 19.4 Å². The molecule has 0 bridgehead atoms. The average Bonchev–Trinajstić information content (AvgIpc) is 2.69. The monoisotopic (exact) mass is 229 g/mol. The smallest absolute Gasteiger partial charge is 0.360 e. The van der Waals surface area contributed by atoms with Gasteiger partial charge < -0.3 is 14.6 Å². The summed E-state index contributed by atoms with van der Waals surface area (Å²) in [5.74, 6) is -0.532. The van der Waals surface area contributed by atoms with Gasteiger partial charge in [-0.1, -0.05) is 5.21 Å². The first-order chi connectivity index (χ1) is 7.74. The van der Waals surface area contributed by atoms with E-state index in [0.717, 1.165) is 0 Å². The van der Waals surface area contributed by atoms with E-state index in [-0.39, 0.29) is 12.3 Å². The lowest BCUT2D eigenvalue weighted by atomic mass is 10.2. The van der Waals surface area contributed by atoms with Crippen LogP contribution in [-0.4, -0.2) is 53.5 Å². The van der Waals surface area contributed by atoms with Crippen molar-refractivity contribution in [3.63, 3.8) is 0 Å². The fourth-order valence-corrected chi connectivity index (χ4v) is 1.31. The number of aromatic nitrogens is 3. The van der Waals surface area contributed by atoms with Gasteiger partial charge in [-0.2, -0.15) is 0 Å². The maximum absolute atomic E-state index is 11.4. The number of aliphatic hydroxyl groups excluding tert-OH is 1. The molecule has 0 unspecified atom stereocenters. The van der Waals surface area contributed by atoms with E-state index >= 15 is 0 Å². The Morgan fingerprint density at radius 3 is 2.81 bits per heavy atom. The summed E-state index contributed by atoms with van der Waals surface area (Å²) in [6.45, 7) is 0.676. The molecule has 1 rings (SSSR count). The minimum atomic E-state index is -0.532. The molecule has 0 radical (unpaired) electrons. The molecule has 0 saturated heterocycles.